The molecule has 39 heavy (non-hydrogen) atoms. The summed E-state index contributed by atoms with van der Waals surface area (Å²) in [6.07, 6.45) is 0. The maximum atomic E-state index is 13.2. The Morgan fingerprint density at radius 2 is 1.92 bits per heavy atom. The number of nitrogens with one attached hydrogen (secondary N) is 2. The monoisotopic (exact) mass is 531 g/mol. The molecule has 4 aromatic rings. The van der Waals surface area contributed by atoms with Crippen LogP contribution in [-0.2, 0) is 12.0 Å². The first-order valence-corrected chi connectivity index (χ1v) is 13.0. The molecule has 10 heteroatoms. The van der Waals surface area contributed by atoms with E-state index in [1.54, 1.807) is 21.1 Å². The highest BCUT2D eigenvalue weighted by Crippen LogP contribution is 2.49. The maximum absolute atomic E-state index is 13.2. The molecule has 2 aromatic heterocycles. The van der Waals surface area contributed by atoms with E-state index in [0.29, 0.717) is 43.3 Å². The van der Waals surface area contributed by atoms with Crippen LogP contribution in [0.25, 0.3) is 10.9 Å². The highest BCUT2D eigenvalue weighted by Gasteiger charge is 2.54. The highest BCUT2D eigenvalue weighted by atomic mass is 16.5. The van der Waals surface area contributed by atoms with Crippen LogP contribution in [0.3, 0.4) is 0 Å². The quantitative estimate of drug-likeness (QED) is 0.343. The molecular formula is C29H33N5O5. The average Bonchev–Trinajstić information content (AvgIpc) is 3.46. The molecule has 0 unspecified atom stereocenters. The lowest BCUT2D eigenvalue weighted by atomic mass is 9.68. The molecule has 2 aliphatic heterocycles. The number of aliphatic hydroxyl groups is 1. The molecule has 1 fully saturated rings. The predicted molar refractivity (Wildman–Crippen MR) is 146 cm³/mol. The largest absolute Gasteiger partial charge is 0.497 e. The zero-order valence-electron chi connectivity index (χ0n) is 22.6. The van der Waals surface area contributed by atoms with Crippen molar-refractivity contribution in [2.75, 3.05) is 45.8 Å². The lowest BCUT2D eigenvalue weighted by molar-refractivity contribution is 0.0124. The first-order valence-electron chi connectivity index (χ1n) is 13.0. The Balaban J connectivity index is 1.36. The van der Waals surface area contributed by atoms with E-state index in [2.05, 4.69) is 32.5 Å². The maximum Gasteiger partial charge on any atom is 0.322 e. The Kier molecular flexibility index (Phi) is 6.23. The first-order chi connectivity index (χ1) is 18.9. The van der Waals surface area contributed by atoms with Gasteiger partial charge in [0.2, 0.25) is 0 Å². The van der Waals surface area contributed by atoms with Crippen molar-refractivity contribution in [1.82, 2.24) is 19.9 Å². The van der Waals surface area contributed by atoms with E-state index >= 15 is 0 Å². The lowest BCUT2D eigenvalue weighted by Crippen LogP contribution is -2.68. The Hall–Kier alpha value is -4.02. The number of carbonyl (C=O) groups excluding carboxylic acids is 1. The van der Waals surface area contributed by atoms with Gasteiger partial charge < -0.3 is 34.3 Å². The van der Waals surface area contributed by atoms with E-state index in [1.165, 1.54) is 5.56 Å². The lowest BCUT2D eigenvalue weighted by Gasteiger charge is -2.56. The van der Waals surface area contributed by atoms with E-state index in [4.69, 9.17) is 14.0 Å². The number of amides is 2. The molecule has 2 amide bonds. The molecule has 2 aromatic carbocycles. The normalized spacial score (nSPS) is 18.2. The molecule has 0 saturated carbocycles. The minimum atomic E-state index is -0.303. The van der Waals surface area contributed by atoms with Crippen molar-refractivity contribution in [2.45, 2.75) is 31.8 Å². The topological polar surface area (TPSA) is 116 Å². The first kappa shape index (κ1) is 25.3. The van der Waals surface area contributed by atoms with Crippen LogP contribution in [0.1, 0.15) is 34.3 Å². The van der Waals surface area contributed by atoms with Crippen molar-refractivity contribution in [2.24, 2.45) is 0 Å². The highest BCUT2D eigenvalue weighted by molar-refractivity contribution is 5.93. The second kappa shape index (κ2) is 9.62. The number of nitrogens with zero attached hydrogens (tertiary/aromatic N) is 3. The molecule has 0 radical (unpaired) electrons. The van der Waals surface area contributed by atoms with Crippen LogP contribution in [0.2, 0.25) is 0 Å². The Labute approximate surface area is 226 Å². The number of aromatic nitrogens is 2. The molecule has 3 N–H and O–H groups in total. The van der Waals surface area contributed by atoms with Gasteiger partial charge in [0, 0.05) is 54.3 Å². The fraction of sp³-hybridized carbons (Fsp3) is 0.379. The number of fused-ring (bicyclic) bond motifs is 4. The van der Waals surface area contributed by atoms with Crippen LogP contribution in [0, 0.1) is 13.8 Å². The summed E-state index contributed by atoms with van der Waals surface area (Å²) in [5, 5.41) is 18.6. The van der Waals surface area contributed by atoms with Crippen molar-refractivity contribution >= 4 is 22.6 Å². The van der Waals surface area contributed by atoms with Gasteiger partial charge in [-0.15, -0.1) is 0 Å². The van der Waals surface area contributed by atoms with Crippen molar-refractivity contribution in [1.29, 1.82) is 0 Å². The molecule has 10 nitrogen and oxygen atoms in total. The van der Waals surface area contributed by atoms with Crippen LogP contribution in [0.5, 0.6) is 11.5 Å². The fourth-order valence-corrected chi connectivity index (χ4v) is 6.22. The van der Waals surface area contributed by atoms with Gasteiger partial charge in [-0.05, 0) is 49.2 Å². The van der Waals surface area contributed by atoms with Gasteiger partial charge in [-0.2, -0.15) is 0 Å². The number of H-pyrrole nitrogens is 1. The molecule has 0 bridgehead atoms. The number of ether oxygens (including phenoxy) is 2. The fourth-order valence-electron chi connectivity index (χ4n) is 6.22. The minimum absolute atomic E-state index is 0.0345. The van der Waals surface area contributed by atoms with E-state index in [9.17, 15) is 9.90 Å². The van der Waals surface area contributed by atoms with Crippen LogP contribution < -0.4 is 14.8 Å². The molecule has 1 atom stereocenters. The van der Waals surface area contributed by atoms with Crippen LogP contribution >= 0.6 is 0 Å². The van der Waals surface area contributed by atoms with Crippen molar-refractivity contribution < 1.29 is 23.9 Å². The number of urea groups is 1. The van der Waals surface area contributed by atoms with Gasteiger partial charge in [0.25, 0.3) is 0 Å². The van der Waals surface area contributed by atoms with Gasteiger partial charge in [0.05, 0.1) is 26.9 Å². The van der Waals surface area contributed by atoms with Crippen LogP contribution in [0.4, 0.5) is 10.5 Å². The number of benzene rings is 2. The zero-order chi connectivity index (χ0) is 27.3. The molecule has 1 saturated heterocycles. The third-order valence-electron chi connectivity index (χ3n) is 8.08. The third kappa shape index (κ3) is 4.20. The molecule has 1 spiro atoms. The number of carbonyl (C=O) groups is 1. The summed E-state index contributed by atoms with van der Waals surface area (Å²) in [5.41, 5.74) is 5.17. The zero-order valence-corrected chi connectivity index (χ0v) is 22.6. The van der Waals surface area contributed by atoms with Gasteiger partial charge in [0.1, 0.15) is 22.9 Å². The summed E-state index contributed by atoms with van der Waals surface area (Å²) in [7, 11) is 3.31. The molecule has 204 valence electrons. The van der Waals surface area contributed by atoms with Crippen molar-refractivity contribution in [3.8, 4) is 11.5 Å². The number of hydrogen-bond acceptors (Lipinski definition) is 7. The Morgan fingerprint density at radius 3 is 2.62 bits per heavy atom. The molecule has 4 heterocycles. The summed E-state index contributed by atoms with van der Waals surface area (Å²) >= 11 is 0. The summed E-state index contributed by atoms with van der Waals surface area (Å²) < 4.78 is 16.1. The van der Waals surface area contributed by atoms with E-state index in [0.717, 1.165) is 33.7 Å². The van der Waals surface area contributed by atoms with Crippen molar-refractivity contribution in [3.63, 3.8) is 0 Å². The van der Waals surface area contributed by atoms with Gasteiger partial charge >= 0.3 is 6.03 Å². The smallest absolute Gasteiger partial charge is 0.322 e. The minimum Gasteiger partial charge on any atom is -0.497 e. The van der Waals surface area contributed by atoms with Crippen molar-refractivity contribution in [3.05, 3.63) is 70.7 Å². The number of rotatable bonds is 6. The SMILES string of the molecule is COc1cccc(CN2CC3(CN(C(=O)Nc4c(C)noc4C)C3)c3c([nH]c4cc(OC)ccc34)[C@@H]2CO)c1. The van der Waals surface area contributed by atoms with Gasteiger partial charge in [0.15, 0.2) is 5.76 Å². The summed E-state index contributed by atoms with van der Waals surface area (Å²) in [4.78, 5) is 21.0. The number of hydrogen-bond donors (Lipinski definition) is 3. The van der Waals surface area contributed by atoms with Gasteiger partial charge in [-0.3, -0.25) is 4.90 Å². The van der Waals surface area contributed by atoms with E-state index in [-0.39, 0.29) is 24.1 Å². The standard InChI is InChI=1S/C29H33N5O5/c1-17-26(18(2)39-32-17)31-28(36)34-15-29(16-34)14-33(12-19-6-5-7-20(10-19)37-3)24(13-35)27-25(29)22-9-8-21(38-4)11-23(22)30-27/h5-11,24,30,35H,12-16H2,1-4H3,(H,31,36)/t24-/m0/s1. The molecular weight excluding hydrogens is 498 g/mol. The van der Waals surface area contributed by atoms with Gasteiger partial charge in [-0.1, -0.05) is 17.3 Å². The predicted octanol–water partition coefficient (Wildman–Crippen LogP) is 4.12. The second-order valence-electron chi connectivity index (χ2n) is 10.5. The second-order valence-corrected chi connectivity index (χ2v) is 10.5. The summed E-state index contributed by atoms with van der Waals surface area (Å²) in [6, 6.07) is 13.6. The average molecular weight is 532 g/mol. The Bertz CT molecular complexity index is 1520. The number of anilines is 1. The number of aryl methyl sites for hydroxylation is 2. The Morgan fingerprint density at radius 1 is 1.15 bits per heavy atom. The summed E-state index contributed by atoms with van der Waals surface area (Å²) in [6.45, 7) is 5.97. The number of aromatic amines is 1. The van der Waals surface area contributed by atoms with Crippen LogP contribution in [-0.4, -0.2) is 71.5 Å². The molecule has 2 aliphatic rings. The van der Waals surface area contributed by atoms with Crippen LogP contribution in [0.15, 0.2) is 47.0 Å². The van der Waals surface area contributed by atoms with E-state index < -0.39 is 0 Å². The van der Waals surface area contributed by atoms with E-state index in [1.807, 2.05) is 42.2 Å². The molecule has 0 aliphatic carbocycles. The third-order valence-corrected chi connectivity index (χ3v) is 8.08. The number of aliphatic hydroxyl groups excluding tert-OH is 1. The number of methoxy groups -OCH3 is 2. The molecule has 6 rings (SSSR count). The van der Waals surface area contributed by atoms with Gasteiger partial charge in [-0.25, -0.2) is 4.79 Å². The summed E-state index contributed by atoms with van der Waals surface area (Å²) in [5.74, 6) is 2.14. The number of likely N-dealkylation sites (tertiary alicyclic amines) is 1.